The Morgan fingerprint density at radius 1 is 1.33 bits per heavy atom. The number of pyridine rings is 1. The number of nitrogens with zero attached hydrogens (tertiary/aromatic N) is 1. The molecule has 94 valence electrons. The fraction of sp³-hybridized carbons (Fsp3) is 0.154. The maximum Gasteiger partial charge on any atom is 0.145 e. The Labute approximate surface area is 114 Å². The summed E-state index contributed by atoms with van der Waals surface area (Å²) in [6, 6.07) is 6.03. The molecule has 0 atom stereocenters. The van der Waals surface area contributed by atoms with Crippen molar-refractivity contribution >= 4 is 23.2 Å². The lowest BCUT2D eigenvalue weighted by Gasteiger charge is -2.10. The van der Waals surface area contributed by atoms with Crippen molar-refractivity contribution < 1.29 is 9.13 Å². The molecular formula is C13H10Cl2FNO. The molecule has 18 heavy (non-hydrogen) atoms. The van der Waals surface area contributed by atoms with Crippen molar-refractivity contribution in [2.75, 3.05) is 0 Å². The van der Waals surface area contributed by atoms with Crippen molar-refractivity contribution in [1.82, 2.24) is 4.98 Å². The number of hydrogen-bond acceptors (Lipinski definition) is 2. The molecule has 1 heterocycles. The van der Waals surface area contributed by atoms with Gasteiger partial charge in [-0.2, -0.15) is 0 Å². The van der Waals surface area contributed by atoms with Gasteiger partial charge in [0.2, 0.25) is 0 Å². The van der Waals surface area contributed by atoms with Gasteiger partial charge in [-0.05, 0) is 19.1 Å². The van der Waals surface area contributed by atoms with Crippen LogP contribution >= 0.6 is 23.2 Å². The van der Waals surface area contributed by atoms with E-state index in [1.165, 1.54) is 12.1 Å². The van der Waals surface area contributed by atoms with Crippen molar-refractivity contribution in [1.29, 1.82) is 0 Å². The van der Waals surface area contributed by atoms with Gasteiger partial charge >= 0.3 is 0 Å². The Hall–Kier alpha value is -1.32. The second-order valence-corrected chi connectivity index (χ2v) is 4.42. The first-order valence-corrected chi connectivity index (χ1v) is 6.16. The van der Waals surface area contributed by atoms with Crippen LogP contribution in [-0.4, -0.2) is 4.98 Å². The lowest BCUT2D eigenvalue weighted by atomic mass is 10.2. The van der Waals surface area contributed by atoms with Gasteiger partial charge in [-0.3, -0.25) is 4.98 Å². The summed E-state index contributed by atoms with van der Waals surface area (Å²) in [6.07, 6.45) is 1.64. The molecule has 0 radical (unpaired) electrons. The second kappa shape index (κ2) is 5.55. The Morgan fingerprint density at radius 3 is 2.78 bits per heavy atom. The summed E-state index contributed by atoms with van der Waals surface area (Å²) in [5.74, 6) is 0.694. The van der Waals surface area contributed by atoms with Gasteiger partial charge in [0.15, 0.2) is 0 Å². The standard InChI is InChI=1S/C13H10Cl2FNO/c1-8-4-13(9(6-14)7-17-8)18-10-2-3-11(15)12(16)5-10/h2-5,7H,6H2,1H3. The molecule has 0 saturated heterocycles. The predicted molar refractivity (Wildman–Crippen MR) is 70.0 cm³/mol. The molecule has 0 aliphatic carbocycles. The molecule has 0 unspecified atom stereocenters. The zero-order chi connectivity index (χ0) is 13.1. The highest BCUT2D eigenvalue weighted by Gasteiger charge is 2.07. The maximum absolute atomic E-state index is 13.3. The molecule has 1 aromatic carbocycles. The van der Waals surface area contributed by atoms with Crippen LogP contribution in [0.5, 0.6) is 11.5 Å². The Kier molecular flexibility index (Phi) is 4.04. The number of rotatable bonds is 3. The van der Waals surface area contributed by atoms with Crippen molar-refractivity contribution in [3.63, 3.8) is 0 Å². The quantitative estimate of drug-likeness (QED) is 0.762. The van der Waals surface area contributed by atoms with Gasteiger partial charge < -0.3 is 4.74 Å². The van der Waals surface area contributed by atoms with Gasteiger partial charge in [-0.25, -0.2) is 4.39 Å². The Bertz CT molecular complexity index is 575. The van der Waals surface area contributed by atoms with Crippen molar-refractivity contribution in [2.24, 2.45) is 0 Å². The summed E-state index contributed by atoms with van der Waals surface area (Å²) in [7, 11) is 0. The molecular weight excluding hydrogens is 276 g/mol. The summed E-state index contributed by atoms with van der Waals surface area (Å²) in [5.41, 5.74) is 1.55. The lowest BCUT2D eigenvalue weighted by molar-refractivity contribution is 0.471. The Balaban J connectivity index is 2.33. The van der Waals surface area contributed by atoms with E-state index in [4.69, 9.17) is 27.9 Å². The smallest absolute Gasteiger partial charge is 0.145 e. The van der Waals surface area contributed by atoms with Crippen molar-refractivity contribution in [2.45, 2.75) is 12.8 Å². The molecule has 0 amide bonds. The molecule has 0 fully saturated rings. The Morgan fingerprint density at radius 2 is 2.11 bits per heavy atom. The minimum absolute atomic E-state index is 0.0609. The lowest BCUT2D eigenvalue weighted by Crippen LogP contribution is -1.93. The largest absolute Gasteiger partial charge is 0.457 e. The average molecular weight is 286 g/mol. The van der Waals surface area contributed by atoms with Crippen LogP contribution in [0.4, 0.5) is 4.39 Å². The first-order chi connectivity index (χ1) is 8.60. The molecule has 1 aromatic heterocycles. The van der Waals surface area contributed by atoms with Crippen LogP contribution in [-0.2, 0) is 5.88 Å². The number of benzene rings is 1. The fourth-order valence-corrected chi connectivity index (χ4v) is 1.74. The van der Waals surface area contributed by atoms with Gasteiger partial charge in [0.1, 0.15) is 17.3 Å². The van der Waals surface area contributed by atoms with Crippen molar-refractivity contribution in [3.8, 4) is 11.5 Å². The normalized spacial score (nSPS) is 10.4. The zero-order valence-corrected chi connectivity index (χ0v) is 11.1. The molecule has 0 spiro atoms. The number of hydrogen-bond donors (Lipinski definition) is 0. The van der Waals surface area contributed by atoms with E-state index in [1.807, 2.05) is 6.92 Å². The molecule has 0 bridgehead atoms. The topological polar surface area (TPSA) is 22.1 Å². The van der Waals surface area contributed by atoms with Crippen LogP contribution in [0.2, 0.25) is 5.02 Å². The van der Waals surface area contributed by atoms with Gasteiger partial charge in [0.25, 0.3) is 0 Å². The highest BCUT2D eigenvalue weighted by Crippen LogP contribution is 2.28. The number of ether oxygens (including phenoxy) is 1. The number of alkyl halides is 1. The van der Waals surface area contributed by atoms with E-state index >= 15 is 0 Å². The number of aryl methyl sites for hydroxylation is 1. The second-order valence-electron chi connectivity index (χ2n) is 3.75. The van der Waals surface area contributed by atoms with E-state index < -0.39 is 5.82 Å². The highest BCUT2D eigenvalue weighted by atomic mass is 35.5. The molecule has 2 rings (SSSR count). The van der Waals surface area contributed by atoms with E-state index in [1.54, 1.807) is 18.3 Å². The molecule has 2 nitrogen and oxygen atoms in total. The summed E-state index contributed by atoms with van der Waals surface area (Å²) in [4.78, 5) is 4.12. The van der Waals surface area contributed by atoms with E-state index in [0.717, 1.165) is 11.3 Å². The third kappa shape index (κ3) is 2.92. The summed E-state index contributed by atoms with van der Waals surface area (Å²) >= 11 is 11.4. The van der Waals surface area contributed by atoms with E-state index in [2.05, 4.69) is 4.98 Å². The van der Waals surface area contributed by atoms with Gasteiger partial charge in [-0.1, -0.05) is 11.6 Å². The molecule has 0 saturated carbocycles. The van der Waals surface area contributed by atoms with E-state index in [0.29, 0.717) is 11.5 Å². The van der Waals surface area contributed by atoms with Crippen molar-refractivity contribution in [3.05, 3.63) is 52.6 Å². The van der Waals surface area contributed by atoms with Gasteiger partial charge in [0.05, 0.1) is 10.9 Å². The maximum atomic E-state index is 13.3. The highest BCUT2D eigenvalue weighted by molar-refractivity contribution is 6.30. The SMILES string of the molecule is Cc1cc(Oc2ccc(Cl)c(F)c2)c(CCl)cn1. The average Bonchev–Trinajstić information content (AvgIpc) is 2.34. The van der Waals surface area contributed by atoms with Crippen LogP contribution in [0, 0.1) is 12.7 Å². The molecule has 0 aliphatic heterocycles. The van der Waals surface area contributed by atoms with E-state index in [9.17, 15) is 4.39 Å². The summed E-state index contributed by atoms with van der Waals surface area (Å²) in [6.45, 7) is 1.84. The predicted octanol–water partition coefficient (Wildman–Crippen LogP) is 4.71. The fourth-order valence-electron chi connectivity index (χ4n) is 1.43. The summed E-state index contributed by atoms with van der Waals surface area (Å²) in [5, 5.41) is 0.0609. The monoisotopic (exact) mass is 285 g/mol. The van der Waals surface area contributed by atoms with E-state index in [-0.39, 0.29) is 10.9 Å². The molecule has 0 N–H and O–H groups in total. The van der Waals surface area contributed by atoms with Crippen LogP contribution in [0.3, 0.4) is 0 Å². The van der Waals surface area contributed by atoms with Crippen LogP contribution in [0.1, 0.15) is 11.3 Å². The molecule has 0 aliphatic rings. The molecule has 5 heteroatoms. The first kappa shape index (κ1) is 13.1. The van der Waals surface area contributed by atoms with Crippen LogP contribution in [0.15, 0.2) is 30.5 Å². The van der Waals surface area contributed by atoms with Gasteiger partial charge in [-0.15, -0.1) is 11.6 Å². The minimum atomic E-state index is -0.521. The van der Waals surface area contributed by atoms with Crippen LogP contribution < -0.4 is 4.74 Å². The number of aromatic nitrogens is 1. The first-order valence-electron chi connectivity index (χ1n) is 5.24. The minimum Gasteiger partial charge on any atom is -0.457 e. The third-order valence-electron chi connectivity index (χ3n) is 2.34. The molecule has 2 aromatic rings. The zero-order valence-electron chi connectivity index (χ0n) is 9.58. The van der Waals surface area contributed by atoms with Crippen LogP contribution in [0.25, 0.3) is 0 Å². The number of halogens is 3. The third-order valence-corrected chi connectivity index (χ3v) is 2.94. The summed E-state index contributed by atoms with van der Waals surface area (Å²) < 4.78 is 18.9. The van der Waals surface area contributed by atoms with Gasteiger partial charge in [0, 0.05) is 29.6 Å².